The zero-order chi connectivity index (χ0) is 21.3. The largest absolute Gasteiger partial charge is 0.497 e. The number of amides is 2. The molecular formula is C24H25N3O3. The fourth-order valence-corrected chi connectivity index (χ4v) is 3.06. The van der Waals surface area contributed by atoms with Crippen LogP contribution in [0.3, 0.4) is 0 Å². The Labute approximate surface area is 176 Å². The van der Waals surface area contributed by atoms with Crippen molar-refractivity contribution in [2.24, 2.45) is 0 Å². The Balaban J connectivity index is 1.59. The van der Waals surface area contributed by atoms with E-state index in [-0.39, 0.29) is 24.3 Å². The van der Waals surface area contributed by atoms with Crippen molar-refractivity contribution in [2.75, 3.05) is 17.7 Å². The molecule has 0 bridgehead atoms. The number of nitrogens with one attached hydrogen (secondary N) is 3. The van der Waals surface area contributed by atoms with Crippen LogP contribution in [0.15, 0.2) is 78.9 Å². The highest BCUT2D eigenvalue weighted by Crippen LogP contribution is 2.22. The molecule has 154 valence electrons. The Bertz CT molecular complexity index is 971. The first-order valence-electron chi connectivity index (χ1n) is 9.66. The first kappa shape index (κ1) is 20.9. The molecule has 2 amide bonds. The van der Waals surface area contributed by atoms with Crippen LogP contribution in [0, 0.1) is 0 Å². The predicted molar refractivity (Wildman–Crippen MR) is 119 cm³/mol. The van der Waals surface area contributed by atoms with Gasteiger partial charge >= 0.3 is 0 Å². The van der Waals surface area contributed by atoms with E-state index < -0.39 is 0 Å². The smallest absolute Gasteiger partial charge is 0.226 e. The minimum Gasteiger partial charge on any atom is -0.497 e. The average Bonchev–Trinajstić information content (AvgIpc) is 2.75. The number of hydrogen-bond donors (Lipinski definition) is 3. The number of rotatable bonds is 8. The molecule has 0 heterocycles. The van der Waals surface area contributed by atoms with Gasteiger partial charge < -0.3 is 20.7 Å². The van der Waals surface area contributed by atoms with Gasteiger partial charge in [-0.25, -0.2) is 0 Å². The Morgan fingerprint density at radius 2 is 1.40 bits per heavy atom. The van der Waals surface area contributed by atoms with Crippen molar-refractivity contribution >= 4 is 28.9 Å². The highest BCUT2D eigenvalue weighted by atomic mass is 16.5. The maximum absolute atomic E-state index is 12.5. The fraction of sp³-hybridized carbons (Fsp3) is 0.167. The van der Waals surface area contributed by atoms with Crippen molar-refractivity contribution in [3.63, 3.8) is 0 Å². The normalized spacial score (nSPS) is 11.3. The molecule has 6 heteroatoms. The van der Waals surface area contributed by atoms with Crippen LogP contribution in [-0.4, -0.2) is 18.9 Å². The van der Waals surface area contributed by atoms with E-state index in [1.54, 1.807) is 7.11 Å². The van der Waals surface area contributed by atoms with E-state index in [1.165, 1.54) is 6.92 Å². The minimum atomic E-state index is -0.375. The SMILES string of the molecule is COc1ccc(Nc2ccc(NC(=O)CC(NC(C)=O)c3ccccc3)cc2)cc1. The summed E-state index contributed by atoms with van der Waals surface area (Å²) in [7, 11) is 1.63. The summed E-state index contributed by atoms with van der Waals surface area (Å²) in [6.07, 6.45) is 0.148. The summed E-state index contributed by atoms with van der Waals surface area (Å²) in [6, 6.07) is 24.2. The number of carbonyl (C=O) groups is 2. The number of hydrogen-bond acceptors (Lipinski definition) is 4. The molecule has 30 heavy (non-hydrogen) atoms. The van der Waals surface area contributed by atoms with Crippen LogP contribution in [0.2, 0.25) is 0 Å². The number of benzene rings is 3. The standard InChI is InChI=1S/C24H25N3O3/c1-17(28)25-23(18-6-4-3-5-7-18)16-24(29)27-21-10-8-19(9-11-21)26-20-12-14-22(30-2)15-13-20/h3-15,23,26H,16H2,1-2H3,(H,25,28)(H,27,29). The molecule has 0 spiro atoms. The molecule has 3 aromatic carbocycles. The zero-order valence-corrected chi connectivity index (χ0v) is 17.0. The van der Waals surface area contributed by atoms with Crippen molar-refractivity contribution in [3.8, 4) is 5.75 Å². The van der Waals surface area contributed by atoms with Gasteiger partial charge in [-0.15, -0.1) is 0 Å². The molecule has 0 aromatic heterocycles. The van der Waals surface area contributed by atoms with E-state index in [0.717, 1.165) is 22.7 Å². The molecule has 0 saturated carbocycles. The maximum Gasteiger partial charge on any atom is 0.226 e. The van der Waals surface area contributed by atoms with Crippen molar-refractivity contribution in [1.82, 2.24) is 5.32 Å². The van der Waals surface area contributed by atoms with Crippen molar-refractivity contribution in [3.05, 3.63) is 84.4 Å². The number of carbonyl (C=O) groups excluding carboxylic acids is 2. The van der Waals surface area contributed by atoms with Gasteiger partial charge in [0.1, 0.15) is 5.75 Å². The van der Waals surface area contributed by atoms with Gasteiger partial charge in [0.25, 0.3) is 0 Å². The van der Waals surface area contributed by atoms with Crippen molar-refractivity contribution < 1.29 is 14.3 Å². The molecule has 3 N–H and O–H groups in total. The van der Waals surface area contributed by atoms with Gasteiger partial charge in [-0.1, -0.05) is 30.3 Å². The van der Waals surface area contributed by atoms with Crippen LogP contribution >= 0.6 is 0 Å². The first-order chi connectivity index (χ1) is 14.5. The van der Waals surface area contributed by atoms with E-state index >= 15 is 0 Å². The summed E-state index contributed by atoms with van der Waals surface area (Å²) in [5.74, 6) is 0.450. The summed E-state index contributed by atoms with van der Waals surface area (Å²) in [5.41, 5.74) is 3.42. The van der Waals surface area contributed by atoms with Gasteiger partial charge in [-0.2, -0.15) is 0 Å². The number of anilines is 3. The van der Waals surface area contributed by atoms with E-state index in [0.29, 0.717) is 5.69 Å². The molecule has 0 aliphatic carbocycles. The van der Waals surface area contributed by atoms with Crippen molar-refractivity contribution in [2.45, 2.75) is 19.4 Å². The highest BCUT2D eigenvalue weighted by Gasteiger charge is 2.17. The fourth-order valence-electron chi connectivity index (χ4n) is 3.06. The molecule has 3 aromatic rings. The second-order valence-corrected chi connectivity index (χ2v) is 6.85. The van der Waals surface area contributed by atoms with Crippen LogP contribution in [0.1, 0.15) is 24.9 Å². The van der Waals surface area contributed by atoms with Gasteiger partial charge in [0.15, 0.2) is 0 Å². The monoisotopic (exact) mass is 403 g/mol. The second-order valence-electron chi connectivity index (χ2n) is 6.85. The molecule has 1 atom stereocenters. The lowest BCUT2D eigenvalue weighted by atomic mass is 10.0. The molecule has 0 aliphatic rings. The van der Waals surface area contributed by atoms with E-state index in [2.05, 4.69) is 16.0 Å². The van der Waals surface area contributed by atoms with Crippen LogP contribution in [0.25, 0.3) is 0 Å². The Hall–Kier alpha value is -3.80. The molecule has 1 unspecified atom stereocenters. The van der Waals surface area contributed by atoms with Crippen LogP contribution in [0.5, 0.6) is 5.75 Å². The molecule has 0 radical (unpaired) electrons. The Morgan fingerprint density at radius 3 is 1.97 bits per heavy atom. The number of methoxy groups -OCH3 is 1. The summed E-state index contributed by atoms with van der Waals surface area (Å²) in [5, 5.41) is 9.02. The third kappa shape index (κ3) is 6.10. The molecule has 6 nitrogen and oxygen atoms in total. The zero-order valence-electron chi connectivity index (χ0n) is 17.0. The third-order valence-electron chi connectivity index (χ3n) is 4.52. The maximum atomic E-state index is 12.5. The Morgan fingerprint density at radius 1 is 0.833 bits per heavy atom. The van der Waals surface area contributed by atoms with Gasteiger partial charge in [0, 0.05) is 24.0 Å². The van der Waals surface area contributed by atoms with Gasteiger partial charge in [-0.05, 0) is 54.1 Å². The van der Waals surface area contributed by atoms with Crippen LogP contribution in [-0.2, 0) is 9.59 Å². The Kier molecular flexibility index (Phi) is 7.05. The van der Waals surface area contributed by atoms with Gasteiger partial charge in [0.05, 0.1) is 19.6 Å². The van der Waals surface area contributed by atoms with Crippen LogP contribution < -0.4 is 20.7 Å². The van der Waals surface area contributed by atoms with Crippen molar-refractivity contribution in [1.29, 1.82) is 0 Å². The summed E-state index contributed by atoms with van der Waals surface area (Å²) < 4.78 is 5.16. The summed E-state index contributed by atoms with van der Waals surface area (Å²) in [6.45, 7) is 1.45. The third-order valence-corrected chi connectivity index (χ3v) is 4.52. The van der Waals surface area contributed by atoms with E-state index in [9.17, 15) is 9.59 Å². The topological polar surface area (TPSA) is 79.5 Å². The minimum absolute atomic E-state index is 0.148. The van der Waals surface area contributed by atoms with Gasteiger partial charge in [-0.3, -0.25) is 9.59 Å². The quantitative estimate of drug-likeness (QED) is 0.512. The molecule has 0 aliphatic heterocycles. The lowest BCUT2D eigenvalue weighted by Gasteiger charge is -2.18. The molecule has 0 fully saturated rings. The summed E-state index contributed by atoms with van der Waals surface area (Å²) in [4.78, 5) is 24.1. The first-order valence-corrected chi connectivity index (χ1v) is 9.66. The average molecular weight is 403 g/mol. The number of ether oxygens (including phenoxy) is 1. The molecular weight excluding hydrogens is 378 g/mol. The van der Waals surface area contributed by atoms with E-state index in [1.807, 2.05) is 78.9 Å². The lowest BCUT2D eigenvalue weighted by Crippen LogP contribution is -2.29. The van der Waals surface area contributed by atoms with Crippen LogP contribution in [0.4, 0.5) is 17.1 Å². The van der Waals surface area contributed by atoms with E-state index in [4.69, 9.17) is 4.74 Å². The molecule has 3 rings (SSSR count). The molecule has 0 saturated heterocycles. The highest BCUT2D eigenvalue weighted by molar-refractivity contribution is 5.91. The van der Waals surface area contributed by atoms with Gasteiger partial charge in [0.2, 0.25) is 11.8 Å². The lowest BCUT2D eigenvalue weighted by molar-refractivity contribution is -0.120. The predicted octanol–water partition coefficient (Wildman–Crippen LogP) is 4.64. The second kappa shape index (κ2) is 10.1. The summed E-state index contributed by atoms with van der Waals surface area (Å²) >= 11 is 0.